The van der Waals surface area contributed by atoms with Crippen molar-refractivity contribution in [1.29, 1.82) is 0 Å². The molecule has 0 aliphatic carbocycles. The Labute approximate surface area is 103 Å². The van der Waals surface area contributed by atoms with Crippen LogP contribution in [0.2, 0.25) is 0 Å². The number of ether oxygens (including phenoxy) is 3. The van der Waals surface area contributed by atoms with E-state index in [0.717, 1.165) is 6.92 Å². The molecule has 2 rings (SSSR count). The Morgan fingerprint density at radius 3 is 2.94 bits per heavy atom. The zero-order chi connectivity index (χ0) is 13.6. The maximum Gasteiger partial charge on any atom is 0.371 e. The van der Waals surface area contributed by atoms with Crippen molar-refractivity contribution in [3.63, 3.8) is 0 Å². The van der Waals surface area contributed by atoms with Crippen LogP contribution in [-0.2, 0) is 23.8 Å². The van der Waals surface area contributed by atoms with Gasteiger partial charge in [0.25, 0.3) is 0 Å². The lowest BCUT2D eigenvalue weighted by Gasteiger charge is -2.43. The van der Waals surface area contributed by atoms with Crippen molar-refractivity contribution in [2.24, 2.45) is 0 Å². The molecule has 4 unspecified atom stereocenters. The number of carbonyl (C=O) groups is 2. The van der Waals surface area contributed by atoms with Gasteiger partial charge >= 0.3 is 17.7 Å². The molecule has 7 heteroatoms. The molecule has 0 amide bonds. The molecule has 0 saturated carbocycles. The normalized spacial score (nSPS) is 42.3. The van der Waals surface area contributed by atoms with Gasteiger partial charge in [-0.3, -0.25) is 4.79 Å². The Hall–Kier alpha value is -1.44. The van der Waals surface area contributed by atoms with Crippen LogP contribution >= 0.6 is 0 Å². The van der Waals surface area contributed by atoms with Crippen LogP contribution in [-0.4, -0.2) is 52.4 Å². The van der Waals surface area contributed by atoms with Crippen LogP contribution < -0.4 is 0 Å². The molecule has 2 heterocycles. The SMILES string of the molecule is C=CCC1(OC(C)=O)C2OC(=O)C1(O)OCC2O. The second-order valence-corrected chi connectivity index (χ2v) is 4.32. The third-order valence-corrected chi connectivity index (χ3v) is 3.13. The van der Waals surface area contributed by atoms with Gasteiger partial charge in [0.15, 0.2) is 6.10 Å². The smallest absolute Gasteiger partial charge is 0.371 e. The number of esters is 2. The van der Waals surface area contributed by atoms with Crippen LogP contribution in [0.3, 0.4) is 0 Å². The van der Waals surface area contributed by atoms with Crippen molar-refractivity contribution < 1.29 is 34.0 Å². The van der Waals surface area contributed by atoms with Crippen molar-refractivity contribution in [3.05, 3.63) is 12.7 Å². The van der Waals surface area contributed by atoms with Crippen molar-refractivity contribution >= 4 is 11.9 Å². The molecule has 2 bridgehead atoms. The lowest BCUT2D eigenvalue weighted by molar-refractivity contribution is -0.310. The number of fused-ring (bicyclic) bond motifs is 2. The fourth-order valence-electron chi connectivity index (χ4n) is 2.41. The second kappa shape index (κ2) is 4.04. The molecule has 2 N–H and O–H groups in total. The minimum absolute atomic E-state index is 0.0868. The van der Waals surface area contributed by atoms with E-state index in [4.69, 9.17) is 14.2 Å². The maximum atomic E-state index is 11.7. The first-order valence-corrected chi connectivity index (χ1v) is 5.43. The largest absolute Gasteiger partial charge is 0.451 e. The van der Waals surface area contributed by atoms with Crippen molar-refractivity contribution in [1.82, 2.24) is 0 Å². The number of aliphatic hydroxyl groups is 2. The minimum atomic E-state index is -2.41. The molecule has 0 radical (unpaired) electrons. The molecule has 0 aromatic rings. The first-order chi connectivity index (χ1) is 8.37. The van der Waals surface area contributed by atoms with E-state index in [9.17, 15) is 19.8 Å². The summed E-state index contributed by atoms with van der Waals surface area (Å²) in [6.45, 7) is 4.32. The number of hydrogen-bond acceptors (Lipinski definition) is 7. The van der Waals surface area contributed by atoms with E-state index in [1.54, 1.807) is 0 Å². The highest BCUT2D eigenvalue weighted by Crippen LogP contribution is 2.47. The third kappa shape index (κ3) is 1.48. The van der Waals surface area contributed by atoms with Crippen molar-refractivity contribution in [2.75, 3.05) is 6.61 Å². The fourth-order valence-corrected chi connectivity index (χ4v) is 2.41. The van der Waals surface area contributed by atoms with Gasteiger partial charge < -0.3 is 24.4 Å². The first-order valence-electron chi connectivity index (χ1n) is 5.43. The molecule has 7 nitrogen and oxygen atoms in total. The topological polar surface area (TPSA) is 102 Å². The fraction of sp³-hybridized carbons (Fsp3) is 0.636. The van der Waals surface area contributed by atoms with Crippen LogP contribution in [0.5, 0.6) is 0 Å². The van der Waals surface area contributed by atoms with E-state index in [0.29, 0.717) is 0 Å². The Morgan fingerprint density at radius 2 is 2.39 bits per heavy atom. The van der Waals surface area contributed by atoms with E-state index in [1.165, 1.54) is 6.08 Å². The van der Waals surface area contributed by atoms with Crippen molar-refractivity contribution in [3.8, 4) is 0 Å². The molecule has 18 heavy (non-hydrogen) atoms. The highest BCUT2D eigenvalue weighted by Gasteiger charge is 2.75. The van der Waals surface area contributed by atoms with Crippen LogP contribution in [0.25, 0.3) is 0 Å². The third-order valence-electron chi connectivity index (χ3n) is 3.13. The molecule has 2 aliphatic heterocycles. The summed E-state index contributed by atoms with van der Waals surface area (Å²) in [6, 6.07) is 0. The van der Waals surface area contributed by atoms with E-state index in [-0.39, 0.29) is 13.0 Å². The van der Waals surface area contributed by atoms with Crippen LogP contribution in [0, 0.1) is 0 Å². The molecule has 0 aromatic heterocycles. The molecule has 2 fully saturated rings. The summed E-state index contributed by atoms with van der Waals surface area (Å²) in [6.07, 6.45) is -1.09. The molecule has 4 atom stereocenters. The van der Waals surface area contributed by atoms with Crippen LogP contribution in [0.1, 0.15) is 13.3 Å². The molecule has 0 aromatic carbocycles. The van der Waals surface area contributed by atoms with Gasteiger partial charge in [0.05, 0.1) is 6.61 Å². The van der Waals surface area contributed by atoms with Gasteiger partial charge in [-0.25, -0.2) is 4.79 Å². The van der Waals surface area contributed by atoms with Gasteiger partial charge in [-0.15, -0.1) is 6.58 Å². The summed E-state index contributed by atoms with van der Waals surface area (Å²) in [5, 5.41) is 20.0. The summed E-state index contributed by atoms with van der Waals surface area (Å²) >= 11 is 0. The van der Waals surface area contributed by atoms with Gasteiger partial charge in [-0.1, -0.05) is 6.08 Å². The number of rotatable bonds is 3. The Bertz CT molecular complexity index is 406. The zero-order valence-corrected chi connectivity index (χ0v) is 9.79. The molecule has 2 saturated heterocycles. The Kier molecular flexibility index (Phi) is 2.92. The summed E-state index contributed by atoms with van der Waals surface area (Å²) in [5.41, 5.74) is -1.80. The average molecular weight is 258 g/mol. The highest BCUT2D eigenvalue weighted by atomic mass is 16.7. The molecular formula is C11H14O7. The minimum Gasteiger partial charge on any atom is -0.451 e. The Morgan fingerprint density at radius 1 is 1.72 bits per heavy atom. The lowest BCUT2D eigenvalue weighted by Crippen LogP contribution is -2.68. The van der Waals surface area contributed by atoms with E-state index in [1.807, 2.05) is 0 Å². The van der Waals surface area contributed by atoms with E-state index >= 15 is 0 Å². The molecule has 2 aliphatic rings. The summed E-state index contributed by atoms with van der Waals surface area (Å²) in [5.74, 6) is -4.21. The Balaban J connectivity index is 2.51. The highest BCUT2D eigenvalue weighted by molar-refractivity contribution is 5.84. The lowest BCUT2D eigenvalue weighted by atomic mass is 9.81. The quantitative estimate of drug-likeness (QED) is 0.487. The summed E-state index contributed by atoms with van der Waals surface area (Å²) in [7, 11) is 0. The maximum absolute atomic E-state index is 11.7. The van der Waals surface area contributed by atoms with Gasteiger partial charge in [0.1, 0.15) is 6.10 Å². The molecule has 100 valence electrons. The van der Waals surface area contributed by atoms with E-state index in [2.05, 4.69) is 6.58 Å². The number of hydrogen-bond donors (Lipinski definition) is 2. The average Bonchev–Trinajstić information content (AvgIpc) is 2.40. The van der Waals surface area contributed by atoms with Gasteiger partial charge in [0.2, 0.25) is 5.60 Å². The van der Waals surface area contributed by atoms with Crippen molar-refractivity contribution in [2.45, 2.75) is 36.9 Å². The van der Waals surface area contributed by atoms with Crippen LogP contribution in [0.4, 0.5) is 0 Å². The first kappa shape index (κ1) is 13.0. The predicted octanol–water partition coefficient (Wildman–Crippen LogP) is -1.13. The number of aliphatic hydroxyl groups excluding tert-OH is 1. The number of carbonyl (C=O) groups excluding carboxylic acids is 2. The van der Waals surface area contributed by atoms with Crippen LogP contribution in [0.15, 0.2) is 12.7 Å². The molecular weight excluding hydrogens is 244 g/mol. The van der Waals surface area contributed by atoms with Gasteiger partial charge in [-0.05, 0) is 0 Å². The molecule has 0 spiro atoms. The second-order valence-electron chi connectivity index (χ2n) is 4.32. The monoisotopic (exact) mass is 258 g/mol. The van der Waals surface area contributed by atoms with Gasteiger partial charge in [-0.2, -0.15) is 0 Å². The predicted molar refractivity (Wildman–Crippen MR) is 56.1 cm³/mol. The summed E-state index contributed by atoms with van der Waals surface area (Å²) < 4.78 is 14.9. The standard InChI is InChI=1S/C11H14O7/c1-3-4-10(18-6(2)12)8-7(13)5-16-11(10,15)9(14)17-8/h3,7-8,13,15H,1,4-5H2,2H3. The zero-order valence-electron chi connectivity index (χ0n) is 9.79. The van der Waals surface area contributed by atoms with Gasteiger partial charge in [0, 0.05) is 13.3 Å². The van der Waals surface area contributed by atoms with E-state index < -0.39 is 35.5 Å². The summed E-state index contributed by atoms with van der Waals surface area (Å²) in [4.78, 5) is 22.9.